The maximum Gasteiger partial charge on any atom is 0.138 e. The highest BCUT2D eigenvalue weighted by molar-refractivity contribution is 6.30. The molecule has 0 spiro atoms. The molecular weight excluding hydrogens is 398 g/mol. The number of hydrogen-bond acceptors (Lipinski definition) is 5. The van der Waals surface area contributed by atoms with Crippen LogP contribution in [0, 0.1) is 0 Å². The van der Waals surface area contributed by atoms with E-state index in [0.717, 1.165) is 59.9 Å². The number of fused-ring (bicyclic) bond motifs is 1. The van der Waals surface area contributed by atoms with Crippen LogP contribution >= 0.6 is 11.6 Å². The smallest absolute Gasteiger partial charge is 0.138 e. The minimum atomic E-state index is 0.537. The van der Waals surface area contributed by atoms with Gasteiger partial charge >= 0.3 is 0 Å². The molecule has 2 aliphatic rings. The second kappa shape index (κ2) is 8.16. The normalized spacial score (nSPS) is 17.5. The summed E-state index contributed by atoms with van der Waals surface area (Å²) in [6, 6.07) is 3.92. The van der Waals surface area contributed by atoms with Crippen molar-refractivity contribution in [3.63, 3.8) is 0 Å². The third-order valence-electron chi connectivity index (χ3n) is 5.77. The summed E-state index contributed by atoms with van der Waals surface area (Å²) < 4.78 is 0. The highest BCUT2D eigenvalue weighted by Crippen LogP contribution is 2.43. The maximum atomic E-state index is 6.16. The van der Waals surface area contributed by atoms with Gasteiger partial charge in [-0.15, -0.1) is 0 Å². The van der Waals surface area contributed by atoms with Crippen LogP contribution in [0.1, 0.15) is 35.4 Å². The van der Waals surface area contributed by atoms with Crippen LogP contribution in [-0.2, 0) is 6.54 Å². The summed E-state index contributed by atoms with van der Waals surface area (Å²) in [4.78, 5) is 23.7. The lowest BCUT2D eigenvalue weighted by Crippen LogP contribution is -2.47. The molecule has 0 unspecified atom stereocenters. The van der Waals surface area contributed by atoms with Gasteiger partial charge in [-0.25, -0.2) is 4.98 Å². The van der Waals surface area contributed by atoms with Gasteiger partial charge in [0.15, 0.2) is 0 Å². The zero-order valence-electron chi connectivity index (χ0n) is 16.7. The molecule has 0 radical (unpaired) electrons. The first-order valence-electron chi connectivity index (χ1n) is 10.3. The molecule has 3 aromatic heterocycles. The Morgan fingerprint density at radius 2 is 2.10 bits per heavy atom. The van der Waals surface area contributed by atoms with Gasteiger partial charge in [-0.2, -0.15) is 0 Å². The lowest BCUT2D eigenvalue weighted by Gasteiger charge is -2.32. The summed E-state index contributed by atoms with van der Waals surface area (Å²) in [6.45, 7) is 8.02. The molecule has 0 bridgehead atoms. The Bertz CT molecular complexity index is 1110. The van der Waals surface area contributed by atoms with Crippen molar-refractivity contribution >= 4 is 40.9 Å². The fraction of sp³-hybridized carbons (Fsp3) is 0.364. The molecule has 0 amide bonds. The number of pyridine rings is 2. The van der Waals surface area contributed by atoms with Crippen LogP contribution in [0.15, 0.2) is 40.7 Å². The molecule has 30 heavy (non-hydrogen) atoms. The molecule has 1 saturated carbocycles. The van der Waals surface area contributed by atoms with Crippen LogP contribution in [0.4, 0.5) is 5.69 Å². The summed E-state index contributed by atoms with van der Waals surface area (Å²) in [5, 5.41) is 5.02. The number of aromatic nitrogens is 3. The minimum absolute atomic E-state index is 0.537. The van der Waals surface area contributed by atoms with E-state index in [0.29, 0.717) is 17.6 Å². The first kappa shape index (κ1) is 19.2. The highest BCUT2D eigenvalue weighted by atomic mass is 35.5. The highest BCUT2D eigenvalue weighted by Gasteiger charge is 2.31. The van der Waals surface area contributed by atoms with Crippen LogP contribution in [-0.4, -0.2) is 58.6 Å². The topological polar surface area (TPSA) is 81.6 Å². The summed E-state index contributed by atoms with van der Waals surface area (Å²) in [6.07, 6.45) is 7.95. The van der Waals surface area contributed by atoms with Crippen LogP contribution in [0.25, 0.3) is 11.0 Å². The van der Waals surface area contributed by atoms with Crippen molar-refractivity contribution in [1.29, 1.82) is 0 Å². The number of nitrogens with zero attached hydrogens (tertiary/aromatic N) is 5. The molecule has 0 aromatic carbocycles. The Morgan fingerprint density at radius 3 is 2.87 bits per heavy atom. The van der Waals surface area contributed by atoms with Gasteiger partial charge in [-0.05, 0) is 48.7 Å². The molecule has 7 nitrogen and oxygen atoms in total. The molecule has 2 N–H and O–H groups in total. The molecule has 8 heteroatoms. The van der Waals surface area contributed by atoms with Gasteiger partial charge in [0.1, 0.15) is 16.6 Å². The van der Waals surface area contributed by atoms with Gasteiger partial charge in [0.2, 0.25) is 0 Å². The van der Waals surface area contributed by atoms with Gasteiger partial charge in [0.25, 0.3) is 0 Å². The van der Waals surface area contributed by atoms with E-state index in [4.69, 9.17) is 16.6 Å². The first-order chi connectivity index (χ1) is 14.7. The number of piperazine rings is 1. The number of aromatic amines is 1. The number of aliphatic imine (C=N–C) groups is 2. The average Bonchev–Trinajstić information content (AvgIpc) is 3.55. The minimum Gasteiger partial charge on any atom is -0.354 e. The Hall–Kier alpha value is -2.77. The largest absolute Gasteiger partial charge is 0.354 e. The quantitative estimate of drug-likeness (QED) is 0.486. The van der Waals surface area contributed by atoms with Crippen molar-refractivity contribution < 1.29 is 0 Å². The molecule has 2 fully saturated rings. The molecule has 5 rings (SSSR count). The van der Waals surface area contributed by atoms with Crippen molar-refractivity contribution in [3.05, 3.63) is 52.6 Å². The Labute approximate surface area is 180 Å². The third-order valence-corrected chi connectivity index (χ3v) is 5.97. The molecule has 1 aliphatic carbocycles. The Morgan fingerprint density at radius 1 is 1.27 bits per heavy atom. The Balaban J connectivity index is 1.60. The van der Waals surface area contributed by atoms with E-state index >= 15 is 0 Å². The van der Waals surface area contributed by atoms with Gasteiger partial charge in [0, 0.05) is 49.5 Å². The van der Waals surface area contributed by atoms with E-state index in [1.165, 1.54) is 18.4 Å². The average molecular weight is 422 g/mol. The van der Waals surface area contributed by atoms with Crippen LogP contribution < -0.4 is 5.32 Å². The molecule has 4 heterocycles. The van der Waals surface area contributed by atoms with Gasteiger partial charge in [-0.3, -0.25) is 15.0 Å². The molecule has 154 valence electrons. The molecule has 1 saturated heterocycles. The predicted molar refractivity (Wildman–Crippen MR) is 121 cm³/mol. The maximum absolute atomic E-state index is 6.16. The van der Waals surface area contributed by atoms with Crippen molar-refractivity contribution in [1.82, 2.24) is 25.2 Å². The lowest BCUT2D eigenvalue weighted by atomic mass is 10.0. The van der Waals surface area contributed by atoms with Crippen LogP contribution in [0.3, 0.4) is 0 Å². The monoisotopic (exact) mass is 421 g/mol. The van der Waals surface area contributed by atoms with E-state index in [-0.39, 0.29) is 0 Å². The number of H-pyrrole nitrogens is 1. The van der Waals surface area contributed by atoms with Crippen molar-refractivity contribution in [3.8, 4) is 0 Å². The summed E-state index contributed by atoms with van der Waals surface area (Å²) in [7, 11) is 0. The fourth-order valence-corrected chi connectivity index (χ4v) is 4.29. The van der Waals surface area contributed by atoms with E-state index in [1.54, 1.807) is 12.4 Å². The number of rotatable bonds is 5. The summed E-state index contributed by atoms with van der Waals surface area (Å²) >= 11 is 6.16. The van der Waals surface area contributed by atoms with Gasteiger partial charge < -0.3 is 15.2 Å². The van der Waals surface area contributed by atoms with Crippen molar-refractivity contribution in [2.75, 3.05) is 26.2 Å². The Kier molecular flexibility index (Phi) is 5.23. The second-order valence-corrected chi connectivity index (χ2v) is 8.19. The van der Waals surface area contributed by atoms with E-state index in [1.807, 2.05) is 18.3 Å². The number of nitrogens with one attached hydrogen (secondary N) is 2. The van der Waals surface area contributed by atoms with Gasteiger partial charge in [-0.1, -0.05) is 11.6 Å². The third kappa shape index (κ3) is 3.70. The van der Waals surface area contributed by atoms with Crippen molar-refractivity contribution in [2.45, 2.75) is 25.3 Å². The number of halogens is 1. The zero-order valence-corrected chi connectivity index (χ0v) is 17.5. The number of hydrogen-bond donors (Lipinski definition) is 2. The number of amidine groups is 1. The first-order valence-corrected chi connectivity index (χ1v) is 10.7. The molecule has 0 atom stereocenters. The van der Waals surface area contributed by atoms with E-state index in [2.05, 4.69) is 36.9 Å². The lowest BCUT2D eigenvalue weighted by molar-refractivity contribution is 0.357. The van der Waals surface area contributed by atoms with Crippen LogP contribution in [0.2, 0.25) is 5.15 Å². The van der Waals surface area contributed by atoms with Crippen LogP contribution in [0.5, 0.6) is 0 Å². The molecule has 1 aliphatic heterocycles. The standard InChI is InChI=1S/C22H24ClN7/c1-24-18-13-26-12-17(14-2-3-14)20(18)22(30-8-6-25-7-9-30)28-11-15-4-5-27-21-16(15)10-19(23)29-21/h4-5,10,12-14,25H,1-3,6-9,11H2,(H,27,29). The van der Waals surface area contributed by atoms with E-state index < -0.39 is 0 Å². The fourth-order valence-electron chi connectivity index (χ4n) is 4.09. The summed E-state index contributed by atoms with van der Waals surface area (Å²) in [5.41, 5.74) is 5.00. The van der Waals surface area contributed by atoms with E-state index in [9.17, 15) is 0 Å². The van der Waals surface area contributed by atoms with Gasteiger partial charge in [0.05, 0.1) is 18.4 Å². The predicted octanol–water partition coefficient (Wildman–Crippen LogP) is 3.67. The molecule has 3 aromatic rings. The second-order valence-electron chi connectivity index (χ2n) is 7.78. The molecular formula is C22H24ClN7. The summed E-state index contributed by atoms with van der Waals surface area (Å²) in [5.74, 6) is 1.52. The van der Waals surface area contributed by atoms with Crippen molar-refractivity contribution in [2.24, 2.45) is 9.98 Å². The SMILES string of the molecule is C=Nc1cncc(C2CC2)c1C(=NCc1ccnc2[nH]c(Cl)cc12)N1CCNCC1. The zero-order chi connectivity index (χ0) is 20.5.